The lowest BCUT2D eigenvalue weighted by Crippen LogP contribution is -2.39. The third-order valence-electron chi connectivity index (χ3n) is 6.11. The molecule has 1 aromatic carbocycles. The van der Waals surface area contributed by atoms with Gasteiger partial charge in [-0.3, -0.25) is 4.79 Å². The summed E-state index contributed by atoms with van der Waals surface area (Å²) in [5, 5.41) is 0. The van der Waals surface area contributed by atoms with Gasteiger partial charge in [-0.15, -0.1) is 0 Å². The summed E-state index contributed by atoms with van der Waals surface area (Å²) in [7, 11) is 0. The van der Waals surface area contributed by atoms with Crippen LogP contribution in [0.15, 0.2) is 24.3 Å². The van der Waals surface area contributed by atoms with E-state index in [1.807, 2.05) is 0 Å². The monoisotopic (exact) mass is 369 g/mol. The SMILES string of the molecule is C[C@H](Oc1ccc(N2CCC3(CCC4(CC3)CO4)C2=O)cc1)C(F)(F)F. The Labute approximate surface area is 150 Å². The number of hydrogen-bond donors (Lipinski definition) is 0. The van der Waals surface area contributed by atoms with Gasteiger partial charge in [0.05, 0.1) is 17.6 Å². The second-order valence-electron chi connectivity index (χ2n) is 7.75. The Balaban J connectivity index is 1.43. The third kappa shape index (κ3) is 3.06. The quantitative estimate of drug-likeness (QED) is 0.754. The van der Waals surface area contributed by atoms with E-state index in [2.05, 4.69) is 0 Å². The molecule has 2 saturated heterocycles. The average molecular weight is 369 g/mol. The van der Waals surface area contributed by atoms with Crippen LogP contribution in [-0.2, 0) is 9.53 Å². The summed E-state index contributed by atoms with van der Waals surface area (Å²) < 4.78 is 48.2. The molecule has 142 valence electrons. The van der Waals surface area contributed by atoms with Crippen LogP contribution in [0.5, 0.6) is 5.75 Å². The van der Waals surface area contributed by atoms with Crippen molar-refractivity contribution in [2.75, 3.05) is 18.1 Å². The van der Waals surface area contributed by atoms with E-state index in [-0.39, 0.29) is 22.7 Å². The van der Waals surface area contributed by atoms with Gasteiger partial charge in [0.15, 0.2) is 6.10 Å². The number of hydrogen-bond acceptors (Lipinski definition) is 3. The van der Waals surface area contributed by atoms with Crippen molar-refractivity contribution in [1.29, 1.82) is 0 Å². The van der Waals surface area contributed by atoms with Crippen LogP contribution in [0.4, 0.5) is 18.9 Å². The molecule has 2 heterocycles. The Morgan fingerprint density at radius 1 is 1.12 bits per heavy atom. The highest BCUT2D eigenvalue weighted by atomic mass is 19.4. The summed E-state index contributed by atoms with van der Waals surface area (Å²) in [4.78, 5) is 14.8. The summed E-state index contributed by atoms with van der Waals surface area (Å²) in [5.41, 5.74) is 0.464. The van der Waals surface area contributed by atoms with Crippen LogP contribution in [0, 0.1) is 5.41 Å². The summed E-state index contributed by atoms with van der Waals surface area (Å²) in [6.07, 6.45) is -1.86. The number of epoxide rings is 1. The third-order valence-corrected chi connectivity index (χ3v) is 6.11. The lowest BCUT2D eigenvalue weighted by Gasteiger charge is -2.34. The number of carbonyl (C=O) groups is 1. The first kappa shape index (κ1) is 17.6. The lowest BCUT2D eigenvalue weighted by atomic mass is 9.69. The van der Waals surface area contributed by atoms with Crippen molar-refractivity contribution in [3.05, 3.63) is 24.3 Å². The van der Waals surface area contributed by atoms with Gasteiger partial charge >= 0.3 is 6.18 Å². The van der Waals surface area contributed by atoms with Gasteiger partial charge < -0.3 is 14.4 Å². The summed E-state index contributed by atoms with van der Waals surface area (Å²) in [6, 6.07) is 6.29. The molecule has 2 spiro atoms. The van der Waals surface area contributed by atoms with Crippen LogP contribution in [0.2, 0.25) is 0 Å². The number of halogens is 3. The molecule has 4 rings (SSSR count). The van der Waals surface area contributed by atoms with Crippen molar-refractivity contribution in [1.82, 2.24) is 0 Å². The highest BCUT2D eigenvalue weighted by Gasteiger charge is 2.56. The Morgan fingerprint density at radius 2 is 1.73 bits per heavy atom. The molecule has 2 aliphatic heterocycles. The zero-order chi connectivity index (χ0) is 18.6. The van der Waals surface area contributed by atoms with E-state index >= 15 is 0 Å². The van der Waals surface area contributed by atoms with Gasteiger partial charge in [0.25, 0.3) is 0 Å². The maximum Gasteiger partial charge on any atom is 0.425 e. The van der Waals surface area contributed by atoms with Gasteiger partial charge in [-0.1, -0.05) is 0 Å². The lowest BCUT2D eigenvalue weighted by molar-refractivity contribution is -0.189. The second kappa shape index (κ2) is 5.87. The molecule has 1 saturated carbocycles. The Kier molecular flexibility index (Phi) is 3.99. The van der Waals surface area contributed by atoms with Crippen LogP contribution < -0.4 is 9.64 Å². The summed E-state index contributed by atoms with van der Waals surface area (Å²) in [5.74, 6) is 0.274. The highest BCUT2D eigenvalue weighted by molar-refractivity contribution is 6.00. The van der Waals surface area contributed by atoms with E-state index in [1.54, 1.807) is 17.0 Å². The zero-order valence-electron chi connectivity index (χ0n) is 14.6. The molecule has 0 N–H and O–H groups in total. The molecule has 3 aliphatic rings. The molecule has 7 heteroatoms. The molecule has 1 atom stereocenters. The van der Waals surface area contributed by atoms with Crippen LogP contribution >= 0.6 is 0 Å². The molecular weight excluding hydrogens is 347 g/mol. The smallest absolute Gasteiger partial charge is 0.425 e. The van der Waals surface area contributed by atoms with Gasteiger partial charge in [0.1, 0.15) is 5.75 Å². The Hall–Kier alpha value is -1.76. The first-order chi connectivity index (χ1) is 12.2. The van der Waals surface area contributed by atoms with Crippen LogP contribution in [0.1, 0.15) is 39.0 Å². The molecule has 3 fully saturated rings. The molecule has 26 heavy (non-hydrogen) atoms. The molecule has 0 bridgehead atoms. The van der Waals surface area contributed by atoms with Crippen molar-refractivity contribution in [3.63, 3.8) is 0 Å². The van der Waals surface area contributed by atoms with Crippen molar-refractivity contribution in [2.24, 2.45) is 5.41 Å². The van der Waals surface area contributed by atoms with Crippen molar-refractivity contribution in [2.45, 2.75) is 56.9 Å². The zero-order valence-corrected chi connectivity index (χ0v) is 14.6. The van der Waals surface area contributed by atoms with E-state index < -0.39 is 12.3 Å². The van der Waals surface area contributed by atoms with Gasteiger partial charge in [-0.05, 0) is 63.3 Å². The van der Waals surface area contributed by atoms with Gasteiger partial charge in [-0.2, -0.15) is 13.2 Å². The van der Waals surface area contributed by atoms with E-state index in [0.717, 1.165) is 45.6 Å². The molecule has 0 radical (unpaired) electrons. The fourth-order valence-corrected chi connectivity index (χ4v) is 4.08. The predicted molar refractivity (Wildman–Crippen MR) is 89.1 cm³/mol. The number of alkyl halides is 3. The molecule has 0 unspecified atom stereocenters. The highest BCUT2D eigenvalue weighted by Crippen LogP contribution is 2.53. The van der Waals surface area contributed by atoms with Gasteiger partial charge in [-0.25, -0.2) is 0 Å². The number of ether oxygens (including phenoxy) is 2. The van der Waals surface area contributed by atoms with Crippen LogP contribution in [-0.4, -0.2) is 36.9 Å². The number of anilines is 1. The van der Waals surface area contributed by atoms with Crippen LogP contribution in [0.3, 0.4) is 0 Å². The Morgan fingerprint density at radius 3 is 2.27 bits per heavy atom. The minimum atomic E-state index is -4.40. The number of carbonyl (C=O) groups excluding carboxylic acids is 1. The Bertz CT molecular complexity index is 687. The minimum Gasteiger partial charge on any atom is -0.481 e. The van der Waals surface area contributed by atoms with E-state index in [9.17, 15) is 18.0 Å². The maximum absolute atomic E-state index is 13.0. The van der Waals surface area contributed by atoms with Gasteiger partial charge in [0.2, 0.25) is 5.91 Å². The molecule has 4 nitrogen and oxygen atoms in total. The molecular formula is C19H22F3NO3. The van der Waals surface area contributed by atoms with Crippen molar-refractivity contribution >= 4 is 11.6 Å². The molecule has 1 aromatic rings. The molecule has 1 amide bonds. The number of amides is 1. The van der Waals surface area contributed by atoms with Gasteiger partial charge in [0, 0.05) is 12.2 Å². The second-order valence-corrected chi connectivity index (χ2v) is 7.75. The number of benzene rings is 1. The molecule has 0 aromatic heterocycles. The normalized spacial score (nSPS) is 32.3. The largest absolute Gasteiger partial charge is 0.481 e. The van der Waals surface area contributed by atoms with Crippen molar-refractivity contribution < 1.29 is 27.4 Å². The molecule has 1 aliphatic carbocycles. The standard InChI is InChI=1S/C19H22F3NO3/c1-13(19(20,21)22)26-15-4-2-14(3-5-15)23-11-10-17(16(23)24)6-8-18(9-7-17)12-25-18/h2-5,13H,6-12H2,1H3/t13-,17?,18?/m0/s1. The first-order valence-electron chi connectivity index (χ1n) is 9.03. The first-order valence-corrected chi connectivity index (χ1v) is 9.03. The minimum absolute atomic E-state index is 0.0487. The topological polar surface area (TPSA) is 42.1 Å². The fourth-order valence-electron chi connectivity index (χ4n) is 4.08. The number of rotatable bonds is 3. The van der Waals surface area contributed by atoms with E-state index in [0.29, 0.717) is 12.2 Å². The summed E-state index contributed by atoms with van der Waals surface area (Å²) >= 11 is 0. The number of nitrogens with zero attached hydrogens (tertiary/aromatic N) is 1. The van der Waals surface area contributed by atoms with Crippen LogP contribution in [0.25, 0.3) is 0 Å². The van der Waals surface area contributed by atoms with Crippen molar-refractivity contribution in [3.8, 4) is 5.75 Å². The summed E-state index contributed by atoms with van der Waals surface area (Å²) in [6.45, 7) is 2.44. The fraction of sp³-hybridized carbons (Fsp3) is 0.632. The maximum atomic E-state index is 13.0. The van der Waals surface area contributed by atoms with E-state index in [1.165, 1.54) is 12.1 Å². The predicted octanol–water partition coefficient (Wildman–Crippen LogP) is 4.08. The average Bonchev–Trinajstić information content (AvgIpc) is 3.29. The van der Waals surface area contributed by atoms with E-state index in [4.69, 9.17) is 9.47 Å².